The van der Waals surface area contributed by atoms with Crippen molar-refractivity contribution < 1.29 is 0 Å². The van der Waals surface area contributed by atoms with Crippen LogP contribution in [0.4, 0.5) is 0 Å². The molecule has 0 aromatic carbocycles. The Morgan fingerprint density at radius 3 is 1.56 bits per heavy atom. The molecule has 3 rings (SSSR count). The summed E-state index contributed by atoms with van der Waals surface area (Å²) < 4.78 is 0. The quantitative estimate of drug-likeness (QED) is 0.284. The van der Waals surface area contributed by atoms with Gasteiger partial charge in [0.05, 0.1) is 0 Å². The third kappa shape index (κ3) is 5.96. The smallest absolute Gasteiger partial charge is 0.0178 e. The molecule has 1 aliphatic heterocycles. The summed E-state index contributed by atoms with van der Waals surface area (Å²) in [5, 5.41) is 0. The third-order valence-corrected chi connectivity index (χ3v) is 11.7. The van der Waals surface area contributed by atoms with Gasteiger partial charge in [0, 0.05) is 0 Å². The van der Waals surface area contributed by atoms with Crippen LogP contribution < -0.4 is 0 Å². The molecule has 1 heterocycles. The van der Waals surface area contributed by atoms with Crippen LogP contribution in [0, 0.1) is 11.8 Å². The van der Waals surface area contributed by atoms with Crippen molar-refractivity contribution in [1.29, 1.82) is 0 Å². The van der Waals surface area contributed by atoms with Crippen LogP contribution in [0.5, 0.6) is 0 Å². The lowest BCUT2D eigenvalue weighted by atomic mass is 9.83. The molecule has 0 nitrogen and oxygen atoms in total. The minimum atomic E-state index is 0.358. The van der Waals surface area contributed by atoms with Crippen LogP contribution in [0.1, 0.15) is 122 Å². The van der Waals surface area contributed by atoms with Gasteiger partial charge in [0.2, 0.25) is 0 Å². The molecule has 0 aromatic rings. The van der Waals surface area contributed by atoms with E-state index in [0.29, 0.717) is 7.92 Å². The molecule has 2 atom stereocenters. The highest BCUT2D eigenvalue weighted by atomic mass is 31.1. The van der Waals surface area contributed by atoms with Gasteiger partial charge < -0.3 is 0 Å². The molecule has 146 valence electrons. The first-order valence-corrected chi connectivity index (χ1v) is 13.8. The molecule has 1 heteroatoms. The minimum absolute atomic E-state index is 0.358. The Balaban J connectivity index is 1.53. The zero-order valence-electron chi connectivity index (χ0n) is 17.2. The lowest BCUT2D eigenvalue weighted by molar-refractivity contribution is 0.332. The van der Waals surface area contributed by atoms with Crippen molar-refractivity contribution in [2.24, 2.45) is 11.8 Å². The Hall–Kier alpha value is 0.430. The van der Waals surface area contributed by atoms with E-state index in [1.165, 1.54) is 56.3 Å². The van der Waals surface area contributed by atoms with Crippen molar-refractivity contribution in [2.75, 3.05) is 6.16 Å². The molecule has 3 fully saturated rings. The average Bonchev–Trinajstić information content (AvgIpc) is 3.10. The second-order valence-electron chi connectivity index (χ2n) is 9.51. The standard InChI is InChI=1S/C24H45P/c1-2-3-4-5-6-13-20-25-23(21-14-9-7-10-15-21)18-19-24(25)22-16-11-8-12-17-22/h21-24H,2-20H2,1H3. The lowest BCUT2D eigenvalue weighted by Crippen LogP contribution is -2.24. The normalized spacial score (nSPS) is 32.3. The maximum absolute atomic E-state index is 2.34. The molecular formula is C24H45P. The first-order chi connectivity index (χ1) is 12.4. The van der Waals surface area contributed by atoms with Gasteiger partial charge in [0.15, 0.2) is 0 Å². The Morgan fingerprint density at radius 1 is 0.560 bits per heavy atom. The maximum atomic E-state index is 2.34. The maximum Gasteiger partial charge on any atom is -0.0178 e. The van der Waals surface area contributed by atoms with E-state index in [0.717, 1.165) is 11.8 Å². The minimum Gasteiger partial charge on any atom is -0.0998 e. The molecular weight excluding hydrogens is 319 g/mol. The zero-order valence-corrected chi connectivity index (χ0v) is 18.1. The van der Waals surface area contributed by atoms with E-state index >= 15 is 0 Å². The molecule has 0 radical (unpaired) electrons. The summed E-state index contributed by atoms with van der Waals surface area (Å²) in [6.45, 7) is 2.34. The average molecular weight is 365 g/mol. The van der Waals surface area contributed by atoms with Gasteiger partial charge in [-0.3, -0.25) is 0 Å². The molecule has 0 N–H and O–H groups in total. The largest absolute Gasteiger partial charge is 0.0998 e. The van der Waals surface area contributed by atoms with Crippen molar-refractivity contribution in [2.45, 2.75) is 134 Å². The van der Waals surface area contributed by atoms with Gasteiger partial charge in [-0.1, -0.05) is 85.5 Å². The van der Waals surface area contributed by atoms with E-state index in [9.17, 15) is 0 Å². The van der Waals surface area contributed by atoms with Gasteiger partial charge in [0.1, 0.15) is 0 Å². The van der Waals surface area contributed by atoms with Gasteiger partial charge in [0.25, 0.3) is 0 Å². The summed E-state index contributed by atoms with van der Waals surface area (Å²) in [7, 11) is 0.358. The van der Waals surface area contributed by atoms with E-state index < -0.39 is 0 Å². The van der Waals surface area contributed by atoms with Crippen LogP contribution in [0.25, 0.3) is 0 Å². The summed E-state index contributed by atoms with van der Waals surface area (Å²) in [5.74, 6) is 2.29. The van der Waals surface area contributed by atoms with E-state index in [2.05, 4.69) is 6.92 Å². The Bertz CT molecular complexity index is 314. The predicted octanol–water partition coefficient (Wildman–Crippen LogP) is 8.52. The summed E-state index contributed by atoms with van der Waals surface area (Å²) in [5.41, 5.74) is 2.38. The van der Waals surface area contributed by atoms with Crippen molar-refractivity contribution in [1.82, 2.24) is 0 Å². The highest BCUT2D eigenvalue weighted by molar-refractivity contribution is 7.59. The molecule has 25 heavy (non-hydrogen) atoms. The van der Waals surface area contributed by atoms with Gasteiger partial charge in [-0.05, 0) is 74.3 Å². The SMILES string of the molecule is CCCCCCCCP1C(C2CCCCC2)CCC1C1CCCCC1. The summed E-state index contributed by atoms with van der Waals surface area (Å²) in [6, 6.07) is 0. The topological polar surface area (TPSA) is 0 Å². The number of hydrogen-bond acceptors (Lipinski definition) is 0. The van der Waals surface area contributed by atoms with Crippen LogP contribution >= 0.6 is 7.92 Å². The second-order valence-corrected chi connectivity index (χ2v) is 12.3. The van der Waals surface area contributed by atoms with Crippen molar-refractivity contribution >= 4 is 7.92 Å². The molecule has 2 unspecified atom stereocenters. The van der Waals surface area contributed by atoms with Gasteiger partial charge >= 0.3 is 0 Å². The summed E-state index contributed by atoms with van der Waals surface area (Å²) in [6.07, 6.45) is 29.5. The molecule has 0 spiro atoms. The molecule has 2 aliphatic carbocycles. The fourth-order valence-corrected chi connectivity index (χ4v) is 10.8. The molecule has 0 amide bonds. The first kappa shape index (κ1) is 20.2. The fraction of sp³-hybridized carbons (Fsp3) is 1.00. The van der Waals surface area contributed by atoms with E-state index in [1.807, 2.05) is 0 Å². The van der Waals surface area contributed by atoms with E-state index in [1.54, 1.807) is 76.8 Å². The highest BCUT2D eigenvalue weighted by Crippen LogP contribution is 2.63. The summed E-state index contributed by atoms with van der Waals surface area (Å²) >= 11 is 0. The molecule has 1 saturated heterocycles. The van der Waals surface area contributed by atoms with Gasteiger partial charge in [-0.15, -0.1) is 0 Å². The fourth-order valence-electron chi connectivity index (χ4n) is 6.38. The van der Waals surface area contributed by atoms with Gasteiger partial charge in [-0.25, -0.2) is 0 Å². The number of rotatable bonds is 9. The Morgan fingerprint density at radius 2 is 1.04 bits per heavy atom. The predicted molar refractivity (Wildman–Crippen MR) is 115 cm³/mol. The van der Waals surface area contributed by atoms with E-state index in [-0.39, 0.29) is 0 Å². The number of unbranched alkanes of at least 4 members (excludes halogenated alkanes) is 5. The van der Waals surface area contributed by atoms with E-state index in [4.69, 9.17) is 0 Å². The Kier molecular flexibility index (Phi) is 9.13. The molecule has 2 saturated carbocycles. The molecule has 0 bridgehead atoms. The molecule has 0 aromatic heterocycles. The summed E-state index contributed by atoms with van der Waals surface area (Å²) in [4.78, 5) is 0. The van der Waals surface area contributed by atoms with Crippen LogP contribution in [-0.2, 0) is 0 Å². The van der Waals surface area contributed by atoms with Crippen LogP contribution in [0.15, 0.2) is 0 Å². The van der Waals surface area contributed by atoms with Crippen LogP contribution in [0.3, 0.4) is 0 Å². The van der Waals surface area contributed by atoms with Crippen molar-refractivity contribution in [3.63, 3.8) is 0 Å². The number of hydrogen-bond donors (Lipinski definition) is 0. The highest BCUT2D eigenvalue weighted by Gasteiger charge is 2.42. The van der Waals surface area contributed by atoms with Gasteiger partial charge in [-0.2, -0.15) is 0 Å². The molecule has 3 aliphatic rings. The third-order valence-electron chi connectivity index (χ3n) is 7.77. The Labute approximate surface area is 160 Å². The van der Waals surface area contributed by atoms with Crippen LogP contribution in [-0.4, -0.2) is 17.5 Å². The lowest BCUT2D eigenvalue weighted by Gasteiger charge is -2.37. The first-order valence-electron chi connectivity index (χ1n) is 12.2. The monoisotopic (exact) mass is 364 g/mol. The van der Waals surface area contributed by atoms with Crippen LogP contribution in [0.2, 0.25) is 0 Å². The second kappa shape index (κ2) is 11.3. The van der Waals surface area contributed by atoms with Crippen molar-refractivity contribution in [3.05, 3.63) is 0 Å². The zero-order chi connectivity index (χ0) is 17.3. The van der Waals surface area contributed by atoms with Crippen molar-refractivity contribution in [3.8, 4) is 0 Å².